The van der Waals surface area contributed by atoms with E-state index in [0.717, 1.165) is 25.8 Å². The second kappa shape index (κ2) is 5.80. The zero-order valence-electron chi connectivity index (χ0n) is 10.8. The molecule has 0 N–H and O–H groups in total. The summed E-state index contributed by atoms with van der Waals surface area (Å²) in [6, 6.07) is 9.00. The summed E-state index contributed by atoms with van der Waals surface area (Å²) in [5, 5.41) is 0. The molecule has 2 rings (SSSR count). The van der Waals surface area contributed by atoms with Gasteiger partial charge in [-0.2, -0.15) is 0 Å². The number of amides is 1. The van der Waals surface area contributed by atoms with Crippen LogP contribution in [0.2, 0.25) is 0 Å². The Hall–Kier alpha value is -1.64. The van der Waals surface area contributed by atoms with Crippen LogP contribution in [0, 0.1) is 0 Å². The van der Waals surface area contributed by atoms with Gasteiger partial charge < -0.3 is 4.90 Å². The predicted octanol–water partition coefficient (Wildman–Crippen LogP) is 2.66. The van der Waals surface area contributed by atoms with Crippen molar-refractivity contribution in [3.63, 3.8) is 0 Å². The molecule has 1 amide bonds. The number of carbonyl (C=O) groups excluding carboxylic acids is 2. The van der Waals surface area contributed by atoms with E-state index in [1.807, 2.05) is 37.3 Å². The number of ketones is 1. The summed E-state index contributed by atoms with van der Waals surface area (Å²) in [7, 11) is 0. The maximum Gasteiger partial charge on any atom is 0.223 e. The minimum atomic E-state index is -0.271. The van der Waals surface area contributed by atoms with Crippen LogP contribution in [-0.4, -0.2) is 29.2 Å². The van der Waals surface area contributed by atoms with Crippen molar-refractivity contribution in [2.45, 2.75) is 38.6 Å². The first-order valence-electron chi connectivity index (χ1n) is 6.62. The highest BCUT2D eigenvalue weighted by molar-refractivity contribution is 6.02. The van der Waals surface area contributed by atoms with E-state index in [1.165, 1.54) is 0 Å². The first-order chi connectivity index (χ1) is 8.74. The van der Waals surface area contributed by atoms with Gasteiger partial charge in [-0.25, -0.2) is 0 Å². The molecule has 0 radical (unpaired) electrons. The summed E-state index contributed by atoms with van der Waals surface area (Å²) < 4.78 is 0. The van der Waals surface area contributed by atoms with Gasteiger partial charge in [-0.3, -0.25) is 9.59 Å². The molecule has 1 aliphatic rings. The van der Waals surface area contributed by atoms with Gasteiger partial charge in [0, 0.05) is 18.5 Å². The highest BCUT2D eigenvalue weighted by atomic mass is 16.2. The van der Waals surface area contributed by atoms with Gasteiger partial charge in [0.05, 0.1) is 6.04 Å². The number of benzene rings is 1. The molecule has 1 aliphatic heterocycles. The van der Waals surface area contributed by atoms with Crippen LogP contribution < -0.4 is 0 Å². The quantitative estimate of drug-likeness (QED) is 0.748. The van der Waals surface area contributed by atoms with Crippen molar-refractivity contribution in [3.8, 4) is 0 Å². The van der Waals surface area contributed by atoms with Gasteiger partial charge in [0.15, 0.2) is 5.78 Å². The van der Waals surface area contributed by atoms with Crippen molar-refractivity contribution in [2.75, 3.05) is 6.54 Å². The van der Waals surface area contributed by atoms with E-state index >= 15 is 0 Å². The number of Topliss-reactive ketones (excluding diaryl/α,β-unsaturated/α-hetero) is 1. The third kappa shape index (κ3) is 2.61. The van der Waals surface area contributed by atoms with Crippen LogP contribution >= 0.6 is 0 Å². The maximum atomic E-state index is 12.5. The van der Waals surface area contributed by atoms with Crippen molar-refractivity contribution < 1.29 is 9.59 Å². The molecule has 3 heteroatoms. The normalized spacial score (nSPS) is 16.9. The fourth-order valence-electron chi connectivity index (χ4n) is 2.50. The van der Waals surface area contributed by atoms with Gasteiger partial charge in [0.1, 0.15) is 0 Å². The molecule has 1 aromatic rings. The highest BCUT2D eigenvalue weighted by Gasteiger charge is 2.32. The number of rotatable bonds is 5. The molecule has 1 aromatic carbocycles. The fourth-order valence-corrected chi connectivity index (χ4v) is 2.50. The molecule has 0 aromatic heterocycles. The predicted molar refractivity (Wildman–Crippen MR) is 70.4 cm³/mol. The lowest BCUT2D eigenvalue weighted by Crippen LogP contribution is -2.41. The standard InChI is InChI=1S/C15H19NO2/c1-2-7-13(16-11-6-10-14(16)17)15(18)12-8-4-3-5-9-12/h3-5,8-9,13H,2,6-7,10-11H2,1H3/t13-/m1/s1. The van der Waals surface area contributed by atoms with Crippen molar-refractivity contribution in [3.05, 3.63) is 35.9 Å². The number of carbonyl (C=O) groups is 2. The number of likely N-dealkylation sites (tertiary alicyclic amines) is 1. The van der Waals surface area contributed by atoms with Crippen molar-refractivity contribution in [2.24, 2.45) is 0 Å². The molecule has 18 heavy (non-hydrogen) atoms. The first kappa shape index (κ1) is 12.8. The van der Waals surface area contributed by atoms with E-state index in [9.17, 15) is 9.59 Å². The zero-order chi connectivity index (χ0) is 13.0. The second-order valence-electron chi connectivity index (χ2n) is 4.73. The van der Waals surface area contributed by atoms with E-state index < -0.39 is 0 Å². The second-order valence-corrected chi connectivity index (χ2v) is 4.73. The lowest BCUT2D eigenvalue weighted by Gasteiger charge is -2.26. The Morgan fingerprint density at radius 3 is 2.61 bits per heavy atom. The average molecular weight is 245 g/mol. The van der Waals surface area contributed by atoms with E-state index in [1.54, 1.807) is 4.90 Å². The molecule has 0 spiro atoms. The van der Waals surface area contributed by atoms with Gasteiger partial charge in [-0.1, -0.05) is 43.7 Å². The van der Waals surface area contributed by atoms with Crippen LogP contribution in [0.15, 0.2) is 30.3 Å². The van der Waals surface area contributed by atoms with Gasteiger partial charge in [-0.15, -0.1) is 0 Å². The molecule has 3 nitrogen and oxygen atoms in total. The van der Waals surface area contributed by atoms with Crippen molar-refractivity contribution >= 4 is 11.7 Å². The first-order valence-corrected chi connectivity index (χ1v) is 6.62. The molecular weight excluding hydrogens is 226 g/mol. The van der Waals surface area contributed by atoms with E-state index in [2.05, 4.69) is 0 Å². The molecule has 96 valence electrons. The van der Waals surface area contributed by atoms with Gasteiger partial charge in [0.2, 0.25) is 5.91 Å². The van der Waals surface area contributed by atoms with E-state index in [0.29, 0.717) is 12.0 Å². The summed E-state index contributed by atoms with van der Waals surface area (Å²) >= 11 is 0. The average Bonchev–Trinajstić information content (AvgIpc) is 2.82. The van der Waals surface area contributed by atoms with Crippen LogP contribution in [0.1, 0.15) is 43.0 Å². The molecule has 0 unspecified atom stereocenters. The SMILES string of the molecule is CCC[C@H](C(=O)c1ccccc1)N1CCCC1=O. The monoisotopic (exact) mass is 245 g/mol. The van der Waals surface area contributed by atoms with Gasteiger partial charge in [-0.05, 0) is 12.8 Å². The Balaban J connectivity index is 2.19. The summed E-state index contributed by atoms with van der Waals surface area (Å²) in [6.07, 6.45) is 3.12. The van der Waals surface area contributed by atoms with Crippen LogP contribution in [0.3, 0.4) is 0 Å². The number of hydrogen-bond donors (Lipinski definition) is 0. The number of nitrogens with zero attached hydrogens (tertiary/aromatic N) is 1. The van der Waals surface area contributed by atoms with E-state index in [-0.39, 0.29) is 17.7 Å². The molecular formula is C15H19NO2. The van der Waals surface area contributed by atoms with Crippen molar-refractivity contribution in [1.82, 2.24) is 4.90 Å². The topological polar surface area (TPSA) is 37.4 Å². The zero-order valence-corrected chi connectivity index (χ0v) is 10.8. The summed E-state index contributed by atoms with van der Waals surface area (Å²) in [6.45, 7) is 2.77. The lowest BCUT2D eigenvalue weighted by atomic mass is 9.99. The molecule has 0 bridgehead atoms. The Kier molecular flexibility index (Phi) is 4.13. The highest BCUT2D eigenvalue weighted by Crippen LogP contribution is 2.20. The Bertz CT molecular complexity index is 427. The number of hydrogen-bond acceptors (Lipinski definition) is 2. The van der Waals surface area contributed by atoms with Crippen molar-refractivity contribution in [1.29, 1.82) is 0 Å². The minimum absolute atomic E-state index is 0.0766. The fraction of sp³-hybridized carbons (Fsp3) is 0.467. The Labute approximate surface area is 108 Å². The maximum absolute atomic E-state index is 12.5. The Morgan fingerprint density at radius 1 is 1.33 bits per heavy atom. The molecule has 0 saturated carbocycles. The Morgan fingerprint density at radius 2 is 2.06 bits per heavy atom. The smallest absolute Gasteiger partial charge is 0.223 e. The molecule has 0 aliphatic carbocycles. The molecule has 1 heterocycles. The summed E-state index contributed by atoms with van der Waals surface area (Å²) in [5.74, 6) is 0.199. The lowest BCUT2D eigenvalue weighted by molar-refractivity contribution is -0.129. The van der Waals surface area contributed by atoms with Crippen LogP contribution in [0.4, 0.5) is 0 Å². The van der Waals surface area contributed by atoms with Gasteiger partial charge in [0.25, 0.3) is 0 Å². The third-order valence-electron chi connectivity index (χ3n) is 3.41. The van der Waals surface area contributed by atoms with Gasteiger partial charge >= 0.3 is 0 Å². The third-order valence-corrected chi connectivity index (χ3v) is 3.41. The molecule has 1 fully saturated rings. The minimum Gasteiger partial charge on any atom is -0.332 e. The largest absolute Gasteiger partial charge is 0.332 e. The van der Waals surface area contributed by atoms with E-state index in [4.69, 9.17) is 0 Å². The molecule has 1 saturated heterocycles. The van der Waals surface area contributed by atoms with Crippen LogP contribution in [0.25, 0.3) is 0 Å². The summed E-state index contributed by atoms with van der Waals surface area (Å²) in [5.41, 5.74) is 0.704. The van der Waals surface area contributed by atoms with Crippen LogP contribution in [-0.2, 0) is 4.79 Å². The van der Waals surface area contributed by atoms with Crippen LogP contribution in [0.5, 0.6) is 0 Å². The summed E-state index contributed by atoms with van der Waals surface area (Å²) in [4.78, 5) is 26.0. The molecule has 1 atom stereocenters.